The van der Waals surface area contributed by atoms with Crippen LogP contribution in [0.3, 0.4) is 0 Å². The lowest BCUT2D eigenvalue weighted by atomic mass is 10.1. The van der Waals surface area contributed by atoms with Crippen molar-refractivity contribution in [3.05, 3.63) is 65.2 Å². The number of guanidine groups is 1. The summed E-state index contributed by atoms with van der Waals surface area (Å²) in [4.78, 5) is 4.72. The van der Waals surface area contributed by atoms with Gasteiger partial charge in [-0.3, -0.25) is 0 Å². The molecule has 158 valence electrons. The zero-order valence-electron chi connectivity index (χ0n) is 17.7. The van der Waals surface area contributed by atoms with Crippen LogP contribution in [0.1, 0.15) is 30.0 Å². The van der Waals surface area contributed by atoms with E-state index in [-0.39, 0.29) is 0 Å². The van der Waals surface area contributed by atoms with Gasteiger partial charge in [-0.2, -0.15) is 0 Å². The van der Waals surface area contributed by atoms with Gasteiger partial charge in [-0.15, -0.1) is 0 Å². The molecule has 0 saturated carbocycles. The first-order chi connectivity index (χ1) is 14.2. The molecule has 2 N–H and O–H groups in total. The lowest BCUT2D eigenvalue weighted by Crippen LogP contribution is -2.37. The molecular weight excluding hydrogens is 366 g/mol. The Morgan fingerprint density at radius 2 is 1.59 bits per heavy atom. The van der Waals surface area contributed by atoms with E-state index in [4.69, 9.17) is 19.2 Å². The van der Waals surface area contributed by atoms with E-state index in [1.807, 2.05) is 31.2 Å². The molecule has 0 heterocycles. The minimum Gasteiger partial charge on any atom is -0.497 e. The Labute approximate surface area is 174 Å². The van der Waals surface area contributed by atoms with Gasteiger partial charge in [0.2, 0.25) is 0 Å². The van der Waals surface area contributed by atoms with Gasteiger partial charge in [-0.1, -0.05) is 36.4 Å². The molecule has 6 nitrogen and oxygen atoms in total. The van der Waals surface area contributed by atoms with E-state index in [1.165, 1.54) is 11.1 Å². The molecule has 0 amide bonds. The molecule has 2 aromatic rings. The molecule has 0 atom stereocenters. The number of aliphatic imine (C=N–C) groups is 1. The zero-order valence-corrected chi connectivity index (χ0v) is 17.7. The summed E-state index contributed by atoms with van der Waals surface area (Å²) in [6, 6.07) is 16.4. The first-order valence-corrected chi connectivity index (χ1v) is 10.0. The Hall–Kier alpha value is -2.57. The zero-order chi connectivity index (χ0) is 20.7. The van der Waals surface area contributed by atoms with Gasteiger partial charge < -0.3 is 24.8 Å². The Morgan fingerprint density at radius 1 is 0.897 bits per heavy atom. The summed E-state index contributed by atoms with van der Waals surface area (Å²) in [6.45, 7) is 6.23. The van der Waals surface area contributed by atoms with Crippen LogP contribution in [0.25, 0.3) is 0 Å². The van der Waals surface area contributed by atoms with Crippen LogP contribution in [0.5, 0.6) is 5.75 Å². The van der Waals surface area contributed by atoms with Crippen molar-refractivity contribution in [1.82, 2.24) is 10.6 Å². The third-order valence-corrected chi connectivity index (χ3v) is 4.33. The minimum absolute atomic E-state index is 0.595. The van der Waals surface area contributed by atoms with Crippen molar-refractivity contribution in [2.75, 3.05) is 34.0 Å². The summed E-state index contributed by atoms with van der Waals surface area (Å²) in [5, 5.41) is 6.80. The highest BCUT2D eigenvalue weighted by Gasteiger charge is 2.01. The Morgan fingerprint density at radius 3 is 2.24 bits per heavy atom. The van der Waals surface area contributed by atoms with Gasteiger partial charge in [0.15, 0.2) is 5.96 Å². The summed E-state index contributed by atoms with van der Waals surface area (Å²) < 4.78 is 15.8. The molecule has 0 unspecified atom stereocenters. The highest BCUT2D eigenvalue weighted by atomic mass is 16.5. The van der Waals surface area contributed by atoms with Crippen molar-refractivity contribution in [3.8, 4) is 5.75 Å². The van der Waals surface area contributed by atoms with Gasteiger partial charge in [-0.25, -0.2) is 4.99 Å². The van der Waals surface area contributed by atoms with Crippen LogP contribution < -0.4 is 15.4 Å². The Bertz CT molecular complexity index is 715. The molecule has 0 aromatic heterocycles. The van der Waals surface area contributed by atoms with Gasteiger partial charge in [0.1, 0.15) is 5.75 Å². The van der Waals surface area contributed by atoms with Gasteiger partial charge in [0.25, 0.3) is 0 Å². The Kier molecular flexibility index (Phi) is 10.6. The maximum absolute atomic E-state index is 5.40. The average molecular weight is 400 g/mol. The number of methoxy groups -OCH3 is 2. The number of rotatable bonds is 12. The average Bonchev–Trinajstić information content (AvgIpc) is 2.76. The molecule has 0 fully saturated rings. The van der Waals surface area contributed by atoms with Crippen LogP contribution >= 0.6 is 0 Å². The normalized spacial score (nSPS) is 11.3. The van der Waals surface area contributed by atoms with Crippen LogP contribution in [-0.4, -0.2) is 39.9 Å². The molecule has 0 bridgehead atoms. The number of nitrogens with one attached hydrogen (secondary N) is 2. The minimum atomic E-state index is 0.595. The number of hydrogen-bond acceptors (Lipinski definition) is 4. The lowest BCUT2D eigenvalue weighted by molar-refractivity contribution is 0.145. The monoisotopic (exact) mass is 399 g/mol. The quantitative estimate of drug-likeness (QED) is 0.325. The number of hydrogen-bond donors (Lipinski definition) is 2. The maximum atomic E-state index is 5.40. The summed E-state index contributed by atoms with van der Waals surface area (Å²) in [7, 11) is 3.38. The lowest BCUT2D eigenvalue weighted by Gasteiger charge is -2.13. The predicted octanol–water partition coefficient (Wildman–Crippen LogP) is 3.50. The first kappa shape index (κ1) is 22.7. The molecule has 29 heavy (non-hydrogen) atoms. The molecule has 0 radical (unpaired) electrons. The van der Waals surface area contributed by atoms with Crippen LogP contribution in [0.4, 0.5) is 0 Å². The van der Waals surface area contributed by atoms with E-state index in [0.29, 0.717) is 19.7 Å². The third-order valence-electron chi connectivity index (χ3n) is 4.33. The SMILES string of the molecule is CCOCCCNC(=NCc1ccc(OC)cc1)NCc1ccc(COC)cc1. The predicted molar refractivity (Wildman–Crippen MR) is 117 cm³/mol. The second kappa shape index (κ2) is 13.6. The standard InChI is InChI=1S/C23H33N3O3/c1-4-29-15-5-14-24-23(26-17-20-10-12-22(28-3)13-11-20)25-16-19-6-8-21(9-7-19)18-27-2/h6-13H,4-5,14-18H2,1-3H3,(H2,24,25,26). The largest absolute Gasteiger partial charge is 0.497 e. The molecular formula is C23H33N3O3. The van der Waals surface area contributed by atoms with Gasteiger partial charge >= 0.3 is 0 Å². The van der Waals surface area contributed by atoms with Crippen molar-refractivity contribution in [1.29, 1.82) is 0 Å². The maximum Gasteiger partial charge on any atom is 0.191 e. The topological polar surface area (TPSA) is 64.1 Å². The highest BCUT2D eigenvalue weighted by Crippen LogP contribution is 2.12. The molecule has 0 saturated heterocycles. The van der Waals surface area contributed by atoms with E-state index >= 15 is 0 Å². The van der Waals surface area contributed by atoms with Crippen LogP contribution in [0.2, 0.25) is 0 Å². The third kappa shape index (κ3) is 8.98. The summed E-state index contributed by atoms with van der Waals surface area (Å²) in [5.74, 6) is 1.64. The fourth-order valence-corrected chi connectivity index (χ4v) is 2.71. The molecule has 0 aliphatic rings. The van der Waals surface area contributed by atoms with Gasteiger partial charge in [0.05, 0.1) is 20.3 Å². The fraction of sp³-hybridized carbons (Fsp3) is 0.435. The molecule has 2 aromatic carbocycles. The van der Waals surface area contributed by atoms with Gasteiger partial charge in [-0.05, 0) is 42.2 Å². The van der Waals surface area contributed by atoms with Crippen molar-refractivity contribution in [2.24, 2.45) is 4.99 Å². The molecule has 6 heteroatoms. The Balaban J connectivity index is 1.93. The van der Waals surface area contributed by atoms with Crippen LogP contribution in [0.15, 0.2) is 53.5 Å². The van der Waals surface area contributed by atoms with Crippen molar-refractivity contribution >= 4 is 5.96 Å². The summed E-state index contributed by atoms with van der Waals surface area (Å²) in [5.41, 5.74) is 3.49. The van der Waals surface area contributed by atoms with E-state index < -0.39 is 0 Å². The van der Waals surface area contributed by atoms with Crippen LogP contribution in [-0.2, 0) is 29.2 Å². The second-order valence-electron chi connectivity index (χ2n) is 6.59. The molecule has 0 spiro atoms. The van der Waals surface area contributed by atoms with Crippen molar-refractivity contribution in [3.63, 3.8) is 0 Å². The first-order valence-electron chi connectivity index (χ1n) is 10.0. The van der Waals surface area contributed by atoms with Crippen molar-refractivity contribution < 1.29 is 14.2 Å². The molecule has 2 rings (SSSR count). The van der Waals surface area contributed by atoms with Gasteiger partial charge in [0, 0.05) is 33.4 Å². The van der Waals surface area contributed by atoms with Crippen molar-refractivity contribution in [2.45, 2.75) is 33.0 Å². The number of nitrogens with zero attached hydrogens (tertiary/aromatic N) is 1. The second-order valence-corrected chi connectivity index (χ2v) is 6.59. The molecule has 0 aliphatic carbocycles. The number of benzene rings is 2. The summed E-state index contributed by atoms with van der Waals surface area (Å²) in [6.07, 6.45) is 0.933. The van der Waals surface area contributed by atoms with E-state index in [2.05, 4.69) is 34.9 Å². The molecule has 0 aliphatic heterocycles. The van der Waals surface area contributed by atoms with E-state index in [0.717, 1.165) is 43.5 Å². The highest BCUT2D eigenvalue weighted by molar-refractivity contribution is 5.79. The summed E-state index contributed by atoms with van der Waals surface area (Å²) >= 11 is 0. The fourth-order valence-electron chi connectivity index (χ4n) is 2.71. The van der Waals surface area contributed by atoms with E-state index in [1.54, 1.807) is 14.2 Å². The smallest absolute Gasteiger partial charge is 0.191 e. The number of ether oxygens (including phenoxy) is 3. The van der Waals surface area contributed by atoms with E-state index in [9.17, 15) is 0 Å². The van der Waals surface area contributed by atoms with Crippen LogP contribution in [0, 0.1) is 0 Å².